The number of rotatable bonds is 5. The van der Waals surface area contributed by atoms with Gasteiger partial charge in [-0.1, -0.05) is 12.1 Å². The predicted octanol–water partition coefficient (Wildman–Crippen LogP) is 2.08. The predicted molar refractivity (Wildman–Crippen MR) is 69.3 cm³/mol. The highest BCUT2D eigenvalue weighted by molar-refractivity contribution is 5.89. The number of aromatic carboxylic acids is 1. The molecule has 1 heterocycles. The molecule has 0 aliphatic rings. The normalized spacial score (nSPS) is 11.9. The van der Waals surface area contributed by atoms with Gasteiger partial charge in [-0.15, -0.1) is 0 Å². The molecule has 1 aromatic carbocycles. The third-order valence-electron chi connectivity index (χ3n) is 2.90. The fourth-order valence-electron chi connectivity index (χ4n) is 1.98. The van der Waals surface area contributed by atoms with Gasteiger partial charge in [-0.25, -0.2) is 4.79 Å². The van der Waals surface area contributed by atoms with Gasteiger partial charge in [-0.3, -0.25) is 0 Å². The van der Waals surface area contributed by atoms with Crippen LogP contribution >= 0.6 is 0 Å². The van der Waals surface area contributed by atoms with Crippen molar-refractivity contribution in [2.75, 3.05) is 14.2 Å². The Kier molecular flexibility index (Phi) is 3.95. The van der Waals surface area contributed by atoms with E-state index in [1.54, 1.807) is 18.2 Å². The van der Waals surface area contributed by atoms with E-state index >= 15 is 0 Å². The van der Waals surface area contributed by atoms with Crippen LogP contribution in [-0.4, -0.2) is 30.4 Å². The fraction of sp³-hybridized carbons (Fsp3) is 0.214. The molecule has 2 rings (SSSR count). The van der Waals surface area contributed by atoms with E-state index in [0.29, 0.717) is 17.1 Å². The van der Waals surface area contributed by atoms with Gasteiger partial charge in [0, 0.05) is 5.56 Å². The number of furan rings is 1. The minimum absolute atomic E-state index is 0.0518. The Morgan fingerprint density at radius 3 is 2.60 bits per heavy atom. The van der Waals surface area contributed by atoms with Crippen LogP contribution in [0.25, 0.3) is 0 Å². The lowest BCUT2D eigenvalue weighted by Crippen LogP contribution is -2.07. The molecule has 1 atom stereocenters. The third kappa shape index (κ3) is 2.33. The number of carboxylic acid groups (broad SMARTS) is 1. The summed E-state index contributed by atoms with van der Waals surface area (Å²) in [6.07, 6.45) is -0.0459. The summed E-state index contributed by atoms with van der Waals surface area (Å²) in [7, 11) is 2.91. The molecule has 0 aliphatic heterocycles. The topological polar surface area (TPSA) is 89.1 Å². The molecule has 0 fully saturated rings. The van der Waals surface area contributed by atoms with Gasteiger partial charge in [0.2, 0.25) is 0 Å². The van der Waals surface area contributed by atoms with Gasteiger partial charge in [0.05, 0.1) is 20.5 Å². The zero-order valence-electron chi connectivity index (χ0n) is 11.0. The van der Waals surface area contributed by atoms with E-state index in [0.717, 1.165) is 0 Å². The van der Waals surface area contributed by atoms with Crippen LogP contribution in [0.3, 0.4) is 0 Å². The molecule has 0 bridgehead atoms. The van der Waals surface area contributed by atoms with E-state index in [-0.39, 0.29) is 11.3 Å². The Labute approximate surface area is 115 Å². The molecule has 106 valence electrons. The maximum atomic E-state index is 11.1. The van der Waals surface area contributed by atoms with Gasteiger partial charge < -0.3 is 24.1 Å². The van der Waals surface area contributed by atoms with E-state index in [1.165, 1.54) is 26.5 Å². The summed E-state index contributed by atoms with van der Waals surface area (Å²) < 4.78 is 15.4. The number of ether oxygens (including phenoxy) is 2. The van der Waals surface area contributed by atoms with E-state index in [4.69, 9.17) is 19.0 Å². The second-order valence-corrected chi connectivity index (χ2v) is 3.99. The monoisotopic (exact) mass is 278 g/mol. The molecule has 0 saturated carbocycles. The van der Waals surface area contributed by atoms with Crippen LogP contribution in [0.1, 0.15) is 27.8 Å². The van der Waals surface area contributed by atoms with Crippen molar-refractivity contribution in [1.29, 1.82) is 0 Å². The molecular weight excluding hydrogens is 264 g/mol. The van der Waals surface area contributed by atoms with Crippen molar-refractivity contribution < 1.29 is 28.9 Å². The fourth-order valence-corrected chi connectivity index (χ4v) is 1.98. The number of aliphatic hydroxyl groups excluding tert-OH is 1. The van der Waals surface area contributed by atoms with E-state index < -0.39 is 12.1 Å². The van der Waals surface area contributed by atoms with Gasteiger partial charge in [-0.05, 0) is 12.1 Å². The molecule has 0 radical (unpaired) electrons. The van der Waals surface area contributed by atoms with Gasteiger partial charge in [0.15, 0.2) is 17.3 Å². The summed E-state index contributed by atoms with van der Waals surface area (Å²) >= 11 is 0. The van der Waals surface area contributed by atoms with Gasteiger partial charge in [0.25, 0.3) is 0 Å². The van der Waals surface area contributed by atoms with Gasteiger partial charge in [0.1, 0.15) is 11.7 Å². The molecule has 6 nitrogen and oxygen atoms in total. The van der Waals surface area contributed by atoms with Crippen molar-refractivity contribution in [1.82, 2.24) is 0 Å². The summed E-state index contributed by atoms with van der Waals surface area (Å²) in [5.74, 6) is -0.457. The molecule has 1 unspecified atom stereocenters. The number of para-hydroxylation sites is 1. The molecular formula is C14H14O6. The van der Waals surface area contributed by atoms with Crippen molar-refractivity contribution in [3.05, 3.63) is 47.4 Å². The van der Waals surface area contributed by atoms with E-state index in [1.807, 2.05) is 0 Å². The molecule has 2 N–H and O–H groups in total. The summed E-state index contributed by atoms with van der Waals surface area (Å²) in [5, 5.41) is 19.4. The van der Waals surface area contributed by atoms with E-state index in [2.05, 4.69) is 0 Å². The smallest absolute Gasteiger partial charge is 0.339 e. The average molecular weight is 278 g/mol. The summed E-state index contributed by atoms with van der Waals surface area (Å²) in [6.45, 7) is 0. The SMILES string of the molecule is COc1cccc(C(O)c2occc2C(=O)O)c1OC. The van der Waals surface area contributed by atoms with Crippen molar-refractivity contribution in [2.24, 2.45) is 0 Å². The number of benzene rings is 1. The number of aliphatic hydroxyl groups is 1. The van der Waals surface area contributed by atoms with Crippen LogP contribution in [0.15, 0.2) is 34.9 Å². The molecule has 20 heavy (non-hydrogen) atoms. The molecule has 2 aromatic rings. The van der Waals surface area contributed by atoms with Crippen molar-refractivity contribution in [2.45, 2.75) is 6.10 Å². The first kappa shape index (κ1) is 14.0. The molecule has 0 spiro atoms. The van der Waals surface area contributed by atoms with Crippen molar-refractivity contribution >= 4 is 5.97 Å². The number of carbonyl (C=O) groups is 1. The van der Waals surface area contributed by atoms with Crippen LogP contribution in [0.2, 0.25) is 0 Å². The summed E-state index contributed by atoms with van der Waals surface area (Å²) in [5.41, 5.74) is 0.270. The van der Waals surface area contributed by atoms with Crippen LogP contribution in [0.5, 0.6) is 11.5 Å². The highest BCUT2D eigenvalue weighted by Crippen LogP contribution is 2.38. The Bertz CT molecular complexity index is 616. The molecule has 1 aromatic heterocycles. The van der Waals surface area contributed by atoms with Gasteiger partial charge >= 0.3 is 5.97 Å². The van der Waals surface area contributed by atoms with Crippen LogP contribution in [-0.2, 0) is 0 Å². The lowest BCUT2D eigenvalue weighted by molar-refractivity contribution is 0.0687. The first-order chi connectivity index (χ1) is 9.60. The largest absolute Gasteiger partial charge is 0.493 e. The Morgan fingerprint density at radius 2 is 2.00 bits per heavy atom. The number of methoxy groups -OCH3 is 2. The van der Waals surface area contributed by atoms with Crippen LogP contribution in [0.4, 0.5) is 0 Å². The zero-order chi connectivity index (χ0) is 14.7. The van der Waals surface area contributed by atoms with Crippen LogP contribution < -0.4 is 9.47 Å². The molecule has 0 saturated heterocycles. The standard InChI is InChI=1S/C14H14O6/c1-18-10-5-3-4-8(12(10)19-2)11(15)13-9(14(16)17)6-7-20-13/h3-7,11,15H,1-2H3,(H,16,17). The average Bonchev–Trinajstić information content (AvgIpc) is 2.95. The molecule has 6 heteroatoms. The van der Waals surface area contributed by atoms with Gasteiger partial charge in [-0.2, -0.15) is 0 Å². The van der Waals surface area contributed by atoms with Crippen molar-refractivity contribution in [3.63, 3.8) is 0 Å². The highest BCUT2D eigenvalue weighted by atomic mass is 16.5. The maximum Gasteiger partial charge on any atom is 0.339 e. The second kappa shape index (κ2) is 5.66. The zero-order valence-corrected chi connectivity index (χ0v) is 11.0. The highest BCUT2D eigenvalue weighted by Gasteiger charge is 2.26. The number of carboxylic acids is 1. The summed E-state index contributed by atoms with van der Waals surface area (Å²) in [4.78, 5) is 11.1. The van der Waals surface area contributed by atoms with Crippen molar-refractivity contribution in [3.8, 4) is 11.5 Å². The maximum absolute atomic E-state index is 11.1. The lowest BCUT2D eigenvalue weighted by Gasteiger charge is -2.16. The first-order valence-electron chi connectivity index (χ1n) is 5.79. The molecule has 0 amide bonds. The van der Waals surface area contributed by atoms with E-state index in [9.17, 15) is 9.90 Å². The minimum Gasteiger partial charge on any atom is -0.493 e. The molecule has 0 aliphatic carbocycles. The lowest BCUT2D eigenvalue weighted by atomic mass is 10.0. The quantitative estimate of drug-likeness (QED) is 0.870. The Balaban J connectivity index is 2.50. The number of hydrogen-bond acceptors (Lipinski definition) is 5. The second-order valence-electron chi connectivity index (χ2n) is 3.99. The first-order valence-corrected chi connectivity index (χ1v) is 5.79. The summed E-state index contributed by atoms with van der Waals surface area (Å²) in [6, 6.07) is 6.24. The minimum atomic E-state index is -1.26. The Morgan fingerprint density at radius 1 is 1.25 bits per heavy atom. The van der Waals surface area contributed by atoms with Crippen LogP contribution in [0, 0.1) is 0 Å². The number of hydrogen-bond donors (Lipinski definition) is 2. The Hall–Kier alpha value is -2.47. The third-order valence-corrected chi connectivity index (χ3v) is 2.90.